The van der Waals surface area contributed by atoms with Crippen LogP contribution in [0.1, 0.15) is 16.7 Å². The number of nitrogens with zero attached hydrogens (tertiary/aromatic N) is 2. The Balaban J connectivity index is 1.52. The highest BCUT2D eigenvalue weighted by Gasteiger charge is 2.13. The number of hydrogen-bond donors (Lipinski definition) is 0. The van der Waals surface area contributed by atoms with Gasteiger partial charge >= 0.3 is 0 Å². The molecule has 1 heterocycles. The predicted molar refractivity (Wildman–Crippen MR) is 115 cm³/mol. The number of allylic oxidation sites excluding steroid dienone is 1. The second-order valence-corrected chi connectivity index (χ2v) is 7.01. The Morgan fingerprint density at radius 3 is 2.41 bits per heavy atom. The fraction of sp³-hybridized carbons (Fsp3) is 0.0870. The van der Waals surface area contributed by atoms with E-state index in [2.05, 4.69) is 4.99 Å². The number of fused-ring (bicyclic) bond motifs is 1. The molecule has 5 nitrogen and oxygen atoms in total. The fourth-order valence-electron chi connectivity index (χ4n) is 3.14. The summed E-state index contributed by atoms with van der Waals surface area (Å²) in [5.74, 6) is 1.50. The molecule has 0 saturated carbocycles. The van der Waals surface area contributed by atoms with Crippen molar-refractivity contribution in [1.29, 1.82) is 0 Å². The molecular weight excluding hydrogens is 388 g/mol. The lowest BCUT2D eigenvalue weighted by Crippen LogP contribution is -2.10. The van der Waals surface area contributed by atoms with Crippen molar-refractivity contribution in [2.24, 2.45) is 4.99 Å². The number of halogens is 1. The summed E-state index contributed by atoms with van der Waals surface area (Å²) in [6.45, 7) is 0.706. The van der Waals surface area contributed by atoms with E-state index < -0.39 is 4.92 Å². The van der Waals surface area contributed by atoms with E-state index in [1.165, 1.54) is 17.7 Å². The van der Waals surface area contributed by atoms with Gasteiger partial charge in [-0.3, -0.25) is 15.1 Å². The molecule has 4 rings (SSSR count). The Labute approximate surface area is 173 Å². The second-order valence-electron chi connectivity index (χ2n) is 6.57. The Morgan fingerprint density at radius 2 is 1.69 bits per heavy atom. The first-order chi connectivity index (χ1) is 14.1. The monoisotopic (exact) mass is 404 g/mol. The number of rotatable bonds is 5. The lowest BCUT2D eigenvalue weighted by atomic mass is 9.96. The van der Waals surface area contributed by atoms with Crippen molar-refractivity contribution in [3.05, 3.63) is 105 Å². The van der Waals surface area contributed by atoms with Crippen LogP contribution in [0.5, 0.6) is 11.5 Å². The Bertz CT molecular complexity index is 1100. The molecule has 0 radical (unpaired) electrons. The molecule has 0 bridgehead atoms. The lowest BCUT2D eigenvalue weighted by molar-refractivity contribution is -0.384. The van der Waals surface area contributed by atoms with Gasteiger partial charge in [0.25, 0.3) is 5.69 Å². The van der Waals surface area contributed by atoms with Crippen LogP contribution < -0.4 is 4.74 Å². The standard InChI is InChI=1S/C23H17ClN2O3/c24-18-4-8-20(9-5-18)29-21-10-11-22-17(15-21)13-14-25-23(22)12-3-16-1-6-19(7-2-16)26(27)28/h1-12,15H,13-14H2. The van der Waals surface area contributed by atoms with Gasteiger partial charge in [0.1, 0.15) is 11.5 Å². The van der Waals surface area contributed by atoms with Crippen molar-refractivity contribution in [1.82, 2.24) is 0 Å². The summed E-state index contributed by atoms with van der Waals surface area (Å²) in [6.07, 6.45) is 4.71. The van der Waals surface area contributed by atoms with Crippen LogP contribution >= 0.6 is 11.6 Å². The van der Waals surface area contributed by atoms with Crippen LogP contribution in [0.2, 0.25) is 5.02 Å². The van der Waals surface area contributed by atoms with Crippen LogP contribution in [0.4, 0.5) is 5.69 Å². The Kier molecular flexibility index (Phi) is 5.40. The molecule has 0 spiro atoms. The second kappa shape index (κ2) is 8.29. The van der Waals surface area contributed by atoms with Gasteiger partial charge in [-0.05, 0) is 78.2 Å². The third kappa shape index (κ3) is 4.52. The summed E-state index contributed by atoms with van der Waals surface area (Å²) in [4.78, 5) is 15.0. The molecule has 0 N–H and O–H groups in total. The summed E-state index contributed by atoms with van der Waals surface area (Å²) in [6, 6.07) is 19.7. The summed E-state index contributed by atoms with van der Waals surface area (Å²) in [5, 5.41) is 11.4. The number of nitro groups is 1. The molecule has 6 heteroatoms. The zero-order valence-electron chi connectivity index (χ0n) is 15.4. The summed E-state index contributed by atoms with van der Waals surface area (Å²) in [5.41, 5.74) is 4.10. The number of nitro benzene ring substituents is 1. The van der Waals surface area contributed by atoms with Gasteiger partial charge in [-0.25, -0.2) is 0 Å². The van der Waals surface area contributed by atoms with E-state index in [1.807, 2.05) is 42.5 Å². The zero-order chi connectivity index (χ0) is 20.2. The van der Waals surface area contributed by atoms with Crippen LogP contribution in [0.15, 0.2) is 77.8 Å². The summed E-state index contributed by atoms with van der Waals surface area (Å²) in [7, 11) is 0. The van der Waals surface area contributed by atoms with Gasteiger partial charge in [-0.15, -0.1) is 0 Å². The minimum absolute atomic E-state index is 0.0794. The van der Waals surface area contributed by atoms with Crippen molar-refractivity contribution in [2.75, 3.05) is 6.54 Å². The van der Waals surface area contributed by atoms with E-state index in [9.17, 15) is 10.1 Å². The smallest absolute Gasteiger partial charge is 0.269 e. The molecule has 29 heavy (non-hydrogen) atoms. The zero-order valence-corrected chi connectivity index (χ0v) is 16.2. The van der Waals surface area contributed by atoms with Crippen molar-refractivity contribution in [3.8, 4) is 11.5 Å². The topological polar surface area (TPSA) is 64.7 Å². The van der Waals surface area contributed by atoms with E-state index >= 15 is 0 Å². The minimum atomic E-state index is -0.404. The Morgan fingerprint density at radius 1 is 0.966 bits per heavy atom. The van der Waals surface area contributed by atoms with Gasteiger partial charge in [0.2, 0.25) is 0 Å². The molecule has 1 aliphatic heterocycles. The maximum Gasteiger partial charge on any atom is 0.269 e. The van der Waals surface area contributed by atoms with Crippen molar-refractivity contribution in [3.63, 3.8) is 0 Å². The average Bonchev–Trinajstić information content (AvgIpc) is 2.74. The summed E-state index contributed by atoms with van der Waals surface area (Å²) < 4.78 is 5.92. The highest BCUT2D eigenvalue weighted by molar-refractivity contribution is 6.30. The average molecular weight is 405 g/mol. The van der Waals surface area contributed by atoms with Gasteiger partial charge in [0, 0.05) is 29.3 Å². The normalized spacial score (nSPS) is 13.1. The molecular formula is C23H17ClN2O3. The third-order valence-corrected chi connectivity index (χ3v) is 4.85. The molecule has 0 fully saturated rings. The minimum Gasteiger partial charge on any atom is -0.457 e. The lowest BCUT2D eigenvalue weighted by Gasteiger charge is -2.16. The molecule has 0 amide bonds. The van der Waals surface area contributed by atoms with Gasteiger partial charge < -0.3 is 4.74 Å². The van der Waals surface area contributed by atoms with Crippen LogP contribution in [0, 0.1) is 10.1 Å². The third-order valence-electron chi connectivity index (χ3n) is 4.60. The fourth-order valence-corrected chi connectivity index (χ4v) is 3.26. The number of benzene rings is 3. The van der Waals surface area contributed by atoms with Crippen molar-refractivity contribution >= 4 is 29.1 Å². The molecule has 0 aliphatic carbocycles. The van der Waals surface area contributed by atoms with Gasteiger partial charge in [-0.1, -0.05) is 17.7 Å². The number of ether oxygens (including phenoxy) is 1. The van der Waals surface area contributed by atoms with Crippen molar-refractivity contribution < 1.29 is 9.66 Å². The van der Waals surface area contributed by atoms with Gasteiger partial charge in [-0.2, -0.15) is 0 Å². The first-order valence-corrected chi connectivity index (χ1v) is 9.50. The van der Waals surface area contributed by atoms with E-state index in [0.29, 0.717) is 11.6 Å². The van der Waals surface area contributed by atoms with E-state index in [4.69, 9.17) is 16.3 Å². The molecule has 0 saturated heterocycles. The summed E-state index contributed by atoms with van der Waals surface area (Å²) >= 11 is 5.92. The molecule has 3 aromatic carbocycles. The van der Waals surface area contributed by atoms with Crippen LogP contribution in [-0.2, 0) is 6.42 Å². The first-order valence-electron chi connectivity index (χ1n) is 9.12. The molecule has 144 valence electrons. The number of hydrogen-bond acceptors (Lipinski definition) is 4. The van der Waals surface area contributed by atoms with Crippen LogP contribution in [-0.4, -0.2) is 17.2 Å². The van der Waals surface area contributed by atoms with E-state index in [-0.39, 0.29) is 5.69 Å². The maximum atomic E-state index is 10.8. The quantitative estimate of drug-likeness (QED) is 0.381. The number of aliphatic imine (C=N–C) groups is 1. The van der Waals surface area contributed by atoms with Gasteiger partial charge in [0.05, 0.1) is 10.6 Å². The predicted octanol–water partition coefficient (Wildman–Crippen LogP) is 6.10. The highest BCUT2D eigenvalue weighted by Crippen LogP contribution is 2.27. The largest absolute Gasteiger partial charge is 0.457 e. The van der Waals surface area contributed by atoms with Crippen LogP contribution in [0.3, 0.4) is 0 Å². The van der Waals surface area contributed by atoms with Gasteiger partial charge in [0.15, 0.2) is 0 Å². The molecule has 0 unspecified atom stereocenters. The molecule has 1 aliphatic rings. The molecule has 0 atom stereocenters. The van der Waals surface area contributed by atoms with E-state index in [0.717, 1.165) is 34.8 Å². The number of non-ortho nitro benzene ring substituents is 1. The van der Waals surface area contributed by atoms with E-state index in [1.54, 1.807) is 24.3 Å². The molecule has 0 aromatic heterocycles. The first kappa shape index (κ1) is 18.9. The van der Waals surface area contributed by atoms with Crippen molar-refractivity contribution in [2.45, 2.75) is 6.42 Å². The SMILES string of the molecule is O=[N+]([O-])c1ccc(C=CC2=NCCc3cc(Oc4ccc(Cl)cc4)ccc32)cc1. The van der Waals surface area contributed by atoms with Crippen LogP contribution in [0.25, 0.3) is 6.08 Å². The maximum absolute atomic E-state index is 10.8. The Hall–Kier alpha value is -3.44. The highest BCUT2D eigenvalue weighted by atomic mass is 35.5. The molecule has 3 aromatic rings.